The molecule has 3 rings (SSSR count). The van der Waals surface area contributed by atoms with Crippen LogP contribution in [-0.2, 0) is 13.0 Å². The average molecular weight is 177 g/mol. The molecular weight excluding hydrogens is 162 g/mol. The first-order valence-electron chi connectivity index (χ1n) is 5.19. The van der Waals surface area contributed by atoms with Gasteiger partial charge in [0.05, 0.1) is 6.20 Å². The van der Waals surface area contributed by atoms with E-state index in [-0.39, 0.29) is 0 Å². The molecule has 3 heterocycles. The Bertz CT molecular complexity index is 329. The topological polar surface area (TPSA) is 29.9 Å². The zero-order valence-corrected chi connectivity index (χ0v) is 7.95. The summed E-state index contributed by atoms with van der Waals surface area (Å²) in [6, 6.07) is 1.33. The highest BCUT2D eigenvalue weighted by atomic mass is 15.3. The predicted molar refractivity (Wildman–Crippen MR) is 50.5 cm³/mol. The fraction of sp³-hybridized carbons (Fsp3) is 0.700. The van der Waals surface area contributed by atoms with Crippen molar-refractivity contribution in [2.45, 2.75) is 44.8 Å². The summed E-state index contributed by atoms with van der Waals surface area (Å²) >= 11 is 0. The third-order valence-electron chi connectivity index (χ3n) is 3.34. The maximum Gasteiger partial charge on any atom is 0.0540 e. The molecule has 0 amide bonds. The van der Waals surface area contributed by atoms with E-state index in [1.54, 1.807) is 0 Å². The molecule has 1 saturated heterocycles. The summed E-state index contributed by atoms with van der Waals surface area (Å²) in [6.07, 6.45) is 5.87. The highest BCUT2D eigenvalue weighted by Gasteiger charge is 2.34. The van der Waals surface area contributed by atoms with Gasteiger partial charge in [0.25, 0.3) is 0 Å². The number of rotatable bonds is 1. The summed E-state index contributed by atoms with van der Waals surface area (Å²) in [4.78, 5) is 0. The molecule has 2 bridgehead atoms. The Morgan fingerprint density at radius 3 is 3.38 bits per heavy atom. The summed E-state index contributed by atoms with van der Waals surface area (Å²) in [5.74, 6) is 0. The Kier molecular flexibility index (Phi) is 1.50. The van der Waals surface area contributed by atoms with Crippen molar-refractivity contribution < 1.29 is 0 Å². The molecule has 70 valence electrons. The van der Waals surface area contributed by atoms with E-state index in [9.17, 15) is 0 Å². The molecule has 1 aromatic heterocycles. The van der Waals surface area contributed by atoms with E-state index >= 15 is 0 Å². The van der Waals surface area contributed by atoms with Gasteiger partial charge in [0.15, 0.2) is 0 Å². The largest absolute Gasteiger partial charge is 0.307 e. The molecular formula is C10H15N3. The van der Waals surface area contributed by atoms with Crippen LogP contribution >= 0.6 is 0 Å². The van der Waals surface area contributed by atoms with Gasteiger partial charge in [-0.15, -0.1) is 0 Å². The molecule has 2 atom stereocenters. The number of aryl methyl sites for hydroxylation is 1. The van der Waals surface area contributed by atoms with Crippen molar-refractivity contribution in [2.24, 2.45) is 0 Å². The van der Waals surface area contributed by atoms with E-state index in [1.165, 1.54) is 30.5 Å². The van der Waals surface area contributed by atoms with Crippen LogP contribution in [0.15, 0.2) is 6.20 Å². The Morgan fingerprint density at radius 1 is 1.62 bits per heavy atom. The van der Waals surface area contributed by atoms with Crippen molar-refractivity contribution in [2.75, 3.05) is 0 Å². The van der Waals surface area contributed by atoms with Gasteiger partial charge in [-0.3, -0.25) is 4.68 Å². The Morgan fingerprint density at radius 2 is 2.54 bits per heavy atom. The first-order chi connectivity index (χ1) is 6.38. The molecule has 2 unspecified atom stereocenters. The zero-order chi connectivity index (χ0) is 8.84. The van der Waals surface area contributed by atoms with Gasteiger partial charge >= 0.3 is 0 Å². The molecule has 1 fully saturated rings. The van der Waals surface area contributed by atoms with Gasteiger partial charge < -0.3 is 5.32 Å². The van der Waals surface area contributed by atoms with Crippen LogP contribution in [0.5, 0.6) is 0 Å². The van der Waals surface area contributed by atoms with Crippen LogP contribution in [0, 0.1) is 0 Å². The van der Waals surface area contributed by atoms with E-state index in [0.29, 0.717) is 6.04 Å². The third-order valence-corrected chi connectivity index (χ3v) is 3.34. The van der Waals surface area contributed by atoms with Crippen molar-refractivity contribution in [3.63, 3.8) is 0 Å². The molecule has 0 aliphatic carbocycles. The fourth-order valence-electron chi connectivity index (χ4n) is 2.67. The maximum absolute atomic E-state index is 4.41. The molecule has 0 saturated carbocycles. The van der Waals surface area contributed by atoms with Crippen molar-refractivity contribution in [1.82, 2.24) is 15.1 Å². The van der Waals surface area contributed by atoms with Gasteiger partial charge in [-0.2, -0.15) is 5.10 Å². The lowest BCUT2D eigenvalue weighted by atomic mass is 10.0. The summed E-state index contributed by atoms with van der Waals surface area (Å²) in [5, 5.41) is 8.04. The highest BCUT2D eigenvalue weighted by molar-refractivity contribution is 5.28. The first-order valence-corrected chi connectivity index (χ1v) is 5.19. The molecule has 1 aromatic rings. The lowest BCUT2D eigenvalue weighted by Gasteiger charge is -2.22. The number of aromatic nitrogens is 2. The van der Waals surface area contributed by atoms with Crippen LogP contribution in [0.3, 0.4) is 0 Å². The van der Waals surface area contributed by atoms with Crippen LogP contribution in [0.4, 0.5) is 0 Å². The molecule has 0 spiro atoms. The van der Waals surface area contributed by atoms with Crippen LogP contribution in [0.1, 0.15) is 37.1 Å². The third kappa shape index (κ3) is 0.967. The monoisotopic (exact) mass is 177 g/mol. The second kappa shape index (κ2) is 2.58. The summed E-state index contributed by atoms with van der Waals surface area (Å²) < 4.78 is 2.15. The summed E-state index contributed by atoms with van der Waals surface area (Å²) in [7, 11) is 0. The minimum absolute atomic E-state index is 0.606. The second-order valence-electron chi connectivity index (χ2n) is 4.06. The van der Waals surface area contributed by atoms with Crippen LogP contribution < -0.4 is 5.32 Å². The number of fused-ring (bicyclic) bond motifs is 4. The second-order valence-corrected chi connectivity index (χ2v) is 4.06. The van der Waals surface area contributed by atoms with E-state index in [1.807, 2.05) is 0 Å². The van der Waals surface area contributed by atoms with Crippen molar-refractivity contribution in [1.29, 1.82) is 0 Å². The van der Waals surface area contributed by atoms with E-state index in [2.05, 4.69) is 28.2 Å². The lowest BCUT2D eigenvalue weighted by molar-refractivity contribution is 0.487. The minimum Gasteiger partial charge on any atom is -0.307 e. The number of hydrogen-bond donors (Lipinski definition) is 1. The highest BCUT2D eigenvalue weighted by Crippen LogP contribution is 2.35. The Labute approximate surface area is 78.1 Å². The normalized spacial score (nSPS) is 30.5. The van der Waals surface area contributed by atoms with Gasteiger partial charge in [-0.25, -0.2) is 0 Å². The van der Waals surface area contributed by atoms with Gasteiger partial charge in [-0.1, -0.05) is 0 Å². The van der Waals surface area contributed by atoms with Crippen molar-refractivity contribution in [3.8, 4) is 0 Å². The first kappa shape index (κ1) is 7.56. The summed E-state index contributed by atoms with van der Waals surface area (Å²) in [6.45, 7) is 3.17. The minimum atomic E-state index is 0.606. The molecule has 13 heavy (non-hydrogen) atoms. The molecule has 3 nitrogen and oxygen atoms in total. The Hall–Kier alpha value is -0.830. The smallest absolute Gasteiger partial charge is 0.0540 e. The fourth-order valence-corrected chi connectivity index (χ4v) is 2.67. The SMILES string of the molecule is CCn1ncc2c1CC1CCC2N1. The van der Waals surface area contributed by atoms with Gasteiger partial charge in [0.1, 0.15) is 0 Å². The average Bonchev–Trinajstić information content (AvgIpc) is 2.72. The van der Waals surface area contributed by atoms with Crippen molar-refractivity contribution in [3.05, 3.63) is 17.5 Å². The van der Waals surface area contributed by atoms with Gasteiger partial charge in [0, 0.05) is 36.3 Å². The quantitative estimate of drug-likeness (QED) is 0.699. The van der Waals surface area contributed by atoms with E-state index in [4.69, 9.17) is 0 Å². The number of hydrogen-bond acceptors (Lipinski definition) is 2. The van der Waals surface area contributed by atoms with Crippen LogP contribution in [0.25, 0.3) is 0 Å². The Balaban J connectivity index is 2.08. The van der Waals surface area contributed by atoms with Crippen LogP contribution in [0.2, 0.25) is 0 Å². The molecule has 0 radical (unpaired) electrons. The van der Waals surface area contributed by atoms with Gasteiger partial charge in [0.2, 0.25) is 0 Å². The summed E-state index contributed by atoms with van der Waals surface area (Å²) in [5.41, 5.74) is 2.93. The van der Waals surface area contributed by atoms with Crippen LogP contribution in [-0.4, -0.2) is 15.8 Å². The molecule has 2 aliphatic heterocycles. The molecule has 0 aromatic carbocycles. The molecule has 2 aliphatic rings. The maximum atomic E-state index is 4.41. The molecule has 3 heteroatoms. The molecule has 1 N–H and O–H groups in total. The van der Waals surface area contributed by atoms with Crippen molar-refractivity contribution >= 4 is 0 Å². The predicted octanol–water partition coefficient (Wildman–Crippen LogP) is 1.25. The lowest BCUT2D eigenvalue weighted by Crippen LogP contribution is -2.32. The standard InChI is InChI=1S/C10H15N3/c1-2-13-10-5-7-3-4-9(12-7)8(10)6-11-13/h6-7,9,12H,2-5H2,1H3. The van der Waals surface area contributed by atoms with E-state index < -0.39 is 0 Å². The van der Waals surface area contributed by atoms with E-state index in [0.717, 1.165) is 12.6 Å². The number of nitrogens with zero attached hydrogens (tertiary/aromatic N) is 2. The van der Waals surface area contributed by atoms with Gasteiger partial charge in [-0.05, 0) is 19.8 Å². The number of nitrogens with one attached hydrogen (secondary N) is 1. The zero-order valence-electron chi connectivity index (χ0n) is 7.95.